The number of nitrogens with zero attached hydrogens (tertiary/aromatic N) is 1. The van der Waals surface area contributed by atoms with E-state index in [-0.39, 0.29) is 24.8 Å². The van der Waals surface area contributed by atoms with E-state index in [4.69, 9.17) is 11.5 Å². The molecular formula is C13H24FN3O2. The largest absolute Gasteiger partial charge is 0.377 e. The number of amides is 1. The standard InChI is InChI=1S/C13H24FN3O2/c14-9-6-10(12(16)18)17(7-9)13(19)11(15)8-4-2-1-3-5-8/h8-12,18H,1-7,15-16H2/t9-,10-,11-,12?/m0/s1. The molecule has 19 heavy (non-hydrogen) atoms. The summed E-state index contributed by atoms with van der Waals surface area (Å²) in [6.07, 6.45) is 3.07. The third-order valence-electron chi connectivity index (χ3n) is 4.41. The average molecular weight is 273 g/mol. The molecule has 1 amide bonds. The van der Waals surface area contributed by atoms with Gasteiger partial charge in [0.1, 0.15) is 12.4 Å². The number of aliphatic hydroxyl groups excluding tert-OH is 1. The van der Waals surface area contributed by atoms with Gasteiger partial charge in [-0.3, -0.25) is 4.79 Å². The first kappa shape index (κ1) is 14.7. The van der Waals surface area contributed by atoms with Crippen molar-refractivity contribution in [1.29, 1.82) is 0 Å². The van der Waals surface area contributed by atoms with Gasteiger partial charge in [0.25, 0.3) is 0 Å². The molecule has 110 valence electrons. The van der Waals surface area contributed by atoms with Crippen molar-refractivity contribution in [1.82, 2.24) is 4.90 Å². The van der Waals surface area contributed by atoms with Gasteiger partial charge >= 0.3 is 0 Å². The van der Waals surface area contributed by atoms with Crippen molar-refractivity contribution >= 4 is 5.91 Å². The fourth-order valence-electron chi connectivity index (χ4n) is 3.28. The Morgan fingerprint density at radius 3 is 2.47 bits per heavy atom. The first-order valence-electron chi connectivity index (χ1n) is 7.14. The van der Waals surface area contributed by atoms with E-state index in [1.807, 2.05) is 0 Å². The van der Waals surface area contributed by atoms with Gasteiger partial charge in [-0.15, -0.1) is 0 Å². The first-order chi connectivity index (χ1) is 9.00. The molecule has 1 aliphatic carbocycles. The summed E-state index contributed by atoms with van der Waals surface area (Å²) >= 11 is 0. The van der Waals surface area contributed by atoms with Crippen LogP contribution in [-0.4, -0.2) is 46.9 Å². The van der Waals surface area contributed by atoms with Gasteiger partial charge in [-0.05, 0) is 18.8 Å². The number of aliphatic hydroxyl groups is 1. The SMILES string of the molecule is NC(O)[C@@H]1C[C@H](F)CN1C(=O)[C@@H](N)C1CCCCC1. The topological polar surface area (TPSA) is 92.6 Å². The highest BCUT2D eigenvalue weighted by atomic mass is 19.1. The molecule has 5 N–H and O–H groups in total. The van der Waals surface area contributed by atoms with Crippen LogP contribution in [0.15, 0.2) is 0 Å². The lowest BCUT2D eigenvalue weighted by molar-refractivity contribution is -0.137. The van der Waals surface area contributed by atoms with Gasteiger partial charge in [-0.1, -0.05) is 19.3 Å². The van der Waals surface area contributed by atoms with Crippen molar-refractivity contribution < 1.29 is 14.3 Å². The van der Waals surface area contributed by atoms with Crippen LogP contribution in [0.4, 0.5) is 4.39 Å². The average Bonchev–Trinajstić information content (AvgIpc) is 2.80. The molecule has 2 fully saturated rings. The zero-order chi connectivity index (χ0) is 14.0. The van der Waals surface area contributed by atoms with Gasteiger partial charge in [0.2, 0.25) is 5.91 Å². The van der Waals surface area contributed by atoms with Crippen molar-refractivity contribution in [2.75, 3.05) is 6.54 Å². The van der Waals surface area contributed by atoms with Gasteiger partial charge < -0.3 is 21.5 Å². The maximum absolute atomic E-state index is 13.4. The Morgan fingerprint density at radius 1 is 1.26 bits per heavy atom. The Hall–Kier alpha value is -0.720. The number of halogens is 1. The van der Waals surface area contributed by atoms with Crippen LogP contribution in [0, 0.1) is 5.92 Å². The Morgan fingerprint density at radius 2 is 1.89 bits per heavy atom. The highest BCUT2D eigenvalue weighted by Gasteiger charge is 2.41. The summed E-state index contributed by atoms with van der Waals surface area (Å²) < 4.78 is 13.4. The second-order valence-electron chi connectivity index (χ2n) is 5.81. The molecule has 0 aromatic rings. The second-order valence-corrected chi connectivity index (χ2v) is 5.81. The number of rotatable bonds is 3. The molecule has 0 spiro atoms. The maximum atomic E-state index is 13.4. The van der Waals surface area contributed by atoms with Gasteiger partial charge in [0.15, 0.2) is 0 Å². The zero-order valence-corrected chi connectivity index (χ0v) is 11.2. The van der Waals surface area contributed by atoms with Crippen molar-refractivity contribution in [3.8, 4) is 0 Å². The lowest BCUT2D eigenvalue weighted by atomic mass is 9.83. The van der Waals surface area contributed by atoms with Crippen LogP contribution in [0.2, 0.25) is 0 Å². The van der Waals surface area contributed by atoms with E-state index in [0.717, 1.165) is 25.7 Å². The molecule has 1 unspecified atom stereocenters. The van der Waals surface area contributed by atoms with Crippen molar-refractivity contribution in [2.45, 2.75) is 63.0 Å². The normalized spacial score (nSPS) is 32.3. The number of carbonyl (C=O) groups excluding carboxylic acids is 1. The first-order valence-corrected chi connectivity index (χ1v) is 7.14. The van der Waals surface area contributed by atoms with Crippen molar-refractivity contribution in [3.05, 3.63) is 0 Å². The van der Waals surface area contributed by atoms with Gasteiger partial charge in [-0.2, -0.15) is 0 Å². The van der Waals surface area contributed by atoms with Crippen LogP contribution < -0.4 is 11.5 Å². The lowest BCUT2D eigenvalue weighted by Crippen LogP contribution is -2.54. The number of carbonyl (C=O) groups is 1. The van der Waals surface area contributed by atoms with Crippen LogP contribution >= 0.6 is 0 Å². The third-order valence-corrected chi connectivity index (χ3v) is 4.41. The molecule has 0 radical (unpaired) electrons. The highest BCUT2D eigenvalue weighted by Crippen LogP contribution is 2.29. The van der Waals surface area contributed by atoms with E-state index in [2.05, 4.69) is 0 Å². The number of hydrogen-bond donors (Lipinski definition) is 3. The Bertz CT molecular complexity index is 321. The van der Waals surface area contributed by atoms with E-state index in [1.165, 1.54) is 11.3 Å². The number of hydrogen-bond acceptors (Lipinski definition) is 4. The summed E-state index contributed by atoms with van der Waals surface area (Å²) in [7, 11) is 0. The summed E-state index contributed by atoms with van der Waals surface area (Å²) in [5.74, 6) is -0.0861. The molecule has 1 saturated heterocycles. The van der Waals surface area contributed by atoms with Gasteiger partial charge in [0, 0.05) is 6.42 Å². The molecule has 1 heterocycles. The molecule has 1 saturated carbocycles. The summed E-state index contributed by atoms with van der Waals surface area (Å²) in [5.41, 5.74) is 11.5. The van der Waals surface area contributed by atoms with Crippen LogP contribution in [-0.2, 0) is 4.79 Å². The van der Waals surface area contributed by atoms with Crippen LogP contribution in [0.1, 0.15) is 38.5 Å². The van der Waals surface area contributed by atoms with E-state index >= 15 is 0 Å². The number of likely N-dealkylation sites (tertiary alicyclic amines) is 1. The molecule has 2 rings (SSSR count). The zero-order valence-electron chi connectivity index (χ0n) is 11.2. The fraction of sp³-hybridized carbons (Fsp3) is 0.923. The van der Waals surface area contributed by atoms with Gasteiger partial charge in [-0.25, -0.2) is 4.39 Å². The lowest BCUT2D eigenvalue weighted by Gasteiger charge is -2.33. The van der Waals surface area contributed by atoms with Crippen molar-refractivity contribution in [2.24, 2.45) is 17.4 Å². The number of nitrogens with two attached hydrogens (primary N) is 2. The summed E-state index contributed by atoms with van der Waals surface area (Å²) in [4.78, 5) is 13.7. The second kappa shape index (κ2) is 6.15. The van der Waals surface area contributed by atoms with Crippen LogP contribution in [0.5, 0.6) is 0 Å². The van der Waals surface area contributed by atoms with Crippen LogP contribution in [0.25, 0.3) is 0 Å². The Balaban J connectivity index is 2.00. The van der Waals surface area contributed by atoms with E-state index in [0.29, 0.717) is 0 Å². The molecule has 5 nitrogen and oxygen atoms in total. The molecular weight excluding hydrogens is 249 g/mol. The molecule has 0 bridgehead atoms. The fourth-order valence-corrected chi connectivity index (χ4v) is 3.28. The van der Waals surface area contributed by atoms with Crippen molar-refractivity contribution in [3.63, 3.8) is 0 Å². The van der Waals surface area contributed by atoms with Gasteiger partial charge in [0.05, 0.1) is 18.6 Å². The monoisotopic (exact) mass is 273 g/mol. The quantitative estimate of drug-likeness (QED) is 0.636. The summed E-state index contributed by atoms with van der Waals surface area (Å²) in [6, 6.07) is -1.23. The minimum Gasteiger partial charge on any atom is -0.377 e. The molecule has 6 heteroatoms. The summed E-state index contributed by atoms with van der Waals surface area (Å²) in [5, 5.41) is 9.46. The van der Waals surface area contributed by atoms with E-state index in [9.17, 15) is 14.3 Å². The maximum Gasteiger partial charge on any atom is 0.240 e. The Kier molecular flexibility index (Phi) is 4.76. The minimum absolute atomic E-state index is 0.00181. The smallest absolute Gasteiger partial charge is 0.240 e. The third kappa shape index (κ3) is 3.24. The Labute approximate surface area is 113 Å². The van der Waals surface area contributed by atoms with Crippen LogP contribution in [0.3, 0.4) is 0 Å². The molecule has 1 aliphatic heterocycles. The predicted octanol–water partition coefficient (Wildman–Crippen LogP) is 0.110. The molecule has 2 aliphatic rings. The van der Waals surface area contributed by atoms with E-state index < -0.39 is 24.5 Å². The molecule has 4 atom stereocenters. The van der Waals surface area contributed by atoms with E-state index in [1.54, 1.807) is 0 Å². The molecule has 0 aromatic carbocycles. The summed E-state index contributed by atoms with van der Waals surface area (Å²) in [6.45, 7) is -0.00181. The highest BCUT2D eigenvalue weighted by molar-refractivity contribution is 5.82. The predicted molar refractivity (Wildman–Crippen MR) is 69.8 cm³/mol. The molecule has 0 aromatic heterocycles. The minimum atomic E-state index is -1.21. The number of alkyl halides is 1.